The second kappa shape index (κ2) is 7.53. The summed E-state index contributed by atoms with van der Waals surface area (Å²) in [4.78, 5) is 25.3. The van der Waals surface area contributed by atoms with E-state index in [9.17, 15) is 9.59 Å². The van der Waals surface area contributed by atoms with Crippen LogP contribution in [0, 0.1) is 0 Å². The normalized spacial score (nSPS) is 12.0. The van der Waals surface area contributed by atoms with Crippen molar-refractivity contribution in [2.75, 3.05) is 0 Å². The fourth-order valence-electron chi connectivity index (χ4n) is 3.56. The summed E-state index contributed by atoms with van der Waals surface area (Å²) in [7, 11) is 0. The Morgan fingerprint density at radius 1 is 0.786 bits per heavy atom. The molecular weight excluding hydrogens is 348 g/mol. The first kappa shape index (κ1) is 17.7. The van der Waals surface area contributed by atoms with Gasteiger partial charge in [-0.1, -0.05) is 78.9 Å². The molecule has 0 saturated heterocycles. The molecule has 0 radical (unpaired) electrons. The minimum Gasteiger partial charge on any atom is -0.368 e. The predicted octanol–water partition coefficient (Wildman–Crippen LogP) is 3.82. The highest BCUT2D eigenvalue weighted by Crippen LogP contribution is 2.28. The van der Waals surface area contributed by atoms with E-state index in [1.807, 2.05) is 78.9 Å². The highest BCUT2D eigenvalue weighted by Gasteiger charge is 2.22. The minimum atomic E-state index is -0.785. The van der Waals surface area contributed by atoms with E-state index in [0.717, 1.165) is 27.1 Å². The monoisotopic (exact) mass is 368 g/mol. The van der Waals surface area contributed by atoms with Gasteiger partial charge in [-0.2, -0.15) is 0 Å². The summed E-state index contributed by atoms with van der Waals surface area (Å²) >= 11 is 0. The van der Waals surface area contributed by atoms with Crippen LogP contribution in [0.4, 0.5) is 0 Å². The molecule has 4 rings (SSSR count). The molecule has 0 aromatic heterocycles. The van der Waals surface area contributed by atoms with Crippen molar-refractivity contribution in [2.24, 2.45) is 5.73 Å². The number of primary amides is 1. The Bertz CT molecular complexity index is 1120. The van der Waals surface area contributed by atoms with E-state index in [4.69, 9.17) is 5.73 Å². The predicted molar refractivity (Wildman–Crippen MR) is 112 cm³/mol. The molecule has 4 nitrogen and oxygen atoms in total. The van der Waals surface area contributed by atoms with E-state index in [0.29, 0.717) is 12.0 Å². The van der Waals surface area contributed by atoms with E-state index in [-0.39, 0.29) is 5.91 Å². The van der Waals surface area contributed by atoms with Crippen LogP contribution in [0.5, 0.6) is 0 Å². The number of hydrogen-bond acceptors (Lipinski definition) is 2. The standard InChI is InChI=1S/C24H20N2O2/c25-23(27)21(14-16-8-2-1-3-9-16)26-24(28)22-19-12-6-4-10-17(19)15-18-11-5-7-13-20(18)22/h1-13,15,21H,14H2,(H2,25,27)(H,26,28)/t21-/m0/s1. The molecule has 138 valence electrons. The molecule has 0 fully saturated rings. The fraction of sp³-hybridized carbons (Fsp3) is 0.0833. The molecule has 0 saturated carbocycles. The molecule has 28 heavy (non-hydrogen) atoms. The van der Waals surface area contributed by atoms with Crippen LogP contribution in [-0.4, -0.2) is 17.9 Å². The highest BCUT2D eigenvalue weighted by atomic mass is 16.2. The molecule has 4 aromatic carbocycles. The summed E-state index contributed by atoms with van der Waals surface area (Å²) in [6, 6.07) is 26.3. The smallest absolute Gasteiger partial charge is 0.253 e. The fourth-order valence-corrected chi connectivity index (χ4v) is 3.56. The van der Waals surface area contributed by atoms with Gasteiger partial charge in [0, 0.05) is 6.42 Å². The van der Waals surface area contributed by atoms with E-state index in [1.165, 1.54) is 0 Å². The van der Waals surface area contributed by atoms with Crippen LogP contribution in [0.2, 0.25) is 0 Å². The summed E-state index contributed by atoms with van der Waals surface area (Å²) in [5.74, 6) is -0.852. The summed E-state index contributed by atoms with van der Waals surface area (Å²) in [5.41, 5.74) is 7.08. The van der Waals surface area contributed by atoms with E-state index in [2.05, 4.69) is 11.4 Å². The Morgan fingerprint density at radius 3 is 1.89 bits per heavy atom. The number of rotatable bonds is 5. The molecule has 0 aliphatic carbocycles. The lowest BCUT2D eigenvalue weighted by atomic mass is 9.95. The van der Waals surface area contributed by atoms with Crippen molar-refractivity contribution in [3.63, 3.8) is 0 Å². The zero-order valence-corrected chi connectivity index (χ0v) is 15.3. The van der Waals surface area contributed by atoms with Gasteiger partial charge in [-0.05, 0) is 33.2 Å². The van der Waals surface area contributed by atoms with Gasteiger partial charge in [-0.3, -0.25) is 9.59 Å². The first-order chi connectivity index (χ1) is 13.6. The number of amides is 2. The number of benzene rings is 4. The Morgan fingerprint density at radius 2 is 1.32 bits per heavy atom. The first-order valence-electron chi connectivity index (χ1n) is 9.18. The summed E-state index contributed by atoms with van der Waals surface area (Å²) in [6.45, 7) is 0. The van der Waals surface area contributed by atoms with E-state index >= 15 is 0 Å². The molecule has 2 amide bonds. The van der Waals surface area contributed by atoms with Gasteiger partial charge in [0.1, 0.15) is 6.04 Å². The van der Waals surface area contributed by atoms with Gasteiger partial charge < -0.3 is 11.1 Å². The third-order valence-corrected chi connectivity index (χ3v) is 4.93. The van der Waals surface area contributed by atoms with Crippen LogP contribution in [0.3, 0.4) is 0 Å². The largest absolute Gasteiger partial charge is 0.368 e. The SMILES string of the molecule is NC(=O)[C@H](Cc1ccccc1)NC(=O)c1c2ccccc2cc2ccccc12. The van der Waals surface area contributed by atoms with Gasteiger partial charge in [0.05, 0.1) is 5.56 Å². The molecular formula is C24H20N2O2. The number of hydrogen-bond donors (Lipinski definition) is 2. The lowest BCUT2D eigenvalue weighted by molar-refractivity contribution is -0.119. The van der Waals surface area contributed by atoms with Gasteiger partial charge in [0.15, 0.2) is 0 Å². The Kier molecular flexibility index (Phi) is 4.77. The van der Waals surface area contributed by atoms with Crippen LogP contribution < -0.4 is 11.1 Å². The third-order valence-electron chi connectivity index (χ3n) is 4.93. The first-order valence-corrected chi connectivity index (χ1v) is 9.18. The zero-order valence-electron chi connectivity index (χ0n) is 15.3. The second-order valence-electron chi connectivity index (χ2n) is 6.81. The quantitative estimate of drug-likeness (QED) is 0.526. The number of carbonyl (C=O) groups excluding carboxylic acids is 2. The van der Waals surface area contributed by atoms with Crippen molar-refractivity contribution in [2.45, 2.75) is 12.5 Å². The molecule has 4 heteroatoms. The molecule has 0 unspecified atom stereocenters. The van der Waals surface area contributed by atoms with Crippen molar-refractivity contribution in [3.05, 3.63) is 96.1 Å². The Balaban J connectivity index is 1.75. The molecule has 0 aliphatic heterocycles. The summed E-state index contributed by atoms with van der Waals surface area (Å²) in [6.07, 6.45) is 0.352. The molecule has 0 spiro atoms. The lowest BCUT2D eigenvalue weighted by Crippen LogP contribution is -2.46. The van der Waals surface area contributed by atoms with Crippen molar-refractivity contribution in [3.8, 4) is 0 Å². The van der Waals surface area contributed by atoms with Gasteiger partial charge in [-0.15, -0.1) is 0 Å². The van der Waals surface area contributed by atoms with E-state index in [1.54, 1.807) is 0 Å². The topological polar surface area (TPSA) is 72.2 Å². The number of nitrogens with one attached hydrogen (secondary N) is 1. The zero-order chi connectivity index (χ0) is 19.5. The van der Waals surface area contributed by atoms with Crippen molar-refractivity contribution in [1.29, 1.82) is 0 Å². The number of carbonyl (C=O) groups is 2. The Labute approximate surface area is 163 Å². The van der Waals surface area contributed by atoms with Gasteiger partial charge in [-0.25, -0.2) is 0 Å². The van der Waals surface area contributed by atoms with Crippen LogP contribution in [0.1, 0.15) is 15.9 Å². The van der Waals surface area contributed by atoms with Crippen LogP contribution in [-0.2, 0) is 11.2 Å². The Hall–Kier alpha value is -3.66. The average Bonchev–Trinajstić information content (AvgIpc) is 2.72. The van der Waals surface area contributed by atoms with Gasteiger partial charge >= 0.3 is 0 Å². The van der Waals surface area contributed by atoms with E-state index < -0.39 is 11.9 Å². The van der Waals surface area contributed by atoms with Crippen LogP contribution in [0.25, 0.3) is 21.5 Å². The maximum absolute atomic E-state index is 13.3. The maximum atomic E-state index is 13.3. The van der Waals surface area contributed by atoms with Crippen LogP contribution in [0.15, 0.2) is 84.9 Å². The third kappa shape index (κ3) is 3.45. The van der Waals surface area contributed by atoms with Crippen molar-refractivity contribution < 1.29 is 9.59 Å². The molecule has 1 atom stereocenters. The number of fused-ring (bicyclic) bond motifs is 2. The summed E-state index contributed by atoms with van der Waals surface area (Å²) < 4.78 is 0. The van der Waals surface area contributed by atoms with Gasteiger partial charge in [0.25, 0.3) is 5.91 Å². The molecule has 0 heterocycles. The average molecular weight is 368 g/mol. The van der Waals surface area contributed by atoms with Crippen molar-refractivity contribution >= 4 is 33.4 Å². The second-order valence-corrected chi connectivity index (χ2v) is 6.81. The van der Waals surface area contributed by atoms with Crippen LogP contribution >= 0.6 is 0 Å². The molecule has 3 N–H and O–H groups in total. The highest BCUT2D eigenvalue weighted by molar-refractivity contribution is 6.18. The maximum Gasteiger partial charge on any atom is 0.253 e. The molecule has 0 bridgehead atoms. The number of nitrogens with two attached hydrogens (primary N) is 1. The molecule has 0 aliphatic rings. The lowest BCUT2D eigenvalue weighted by Gasteiger charge is -2.18. The summed E-state index contributed by atoms with van der Waals surface area (Å²) in [5, 5.41) is 6.50. The van der Waals surface area contributed by atoms with Crippen molar-refractivity contribution in [1.82, 2.24) is 5.32 Å². The minimum absolute atomic E-state index is 0.298. The van der Waals surface area contributed by atoms with Gasteiger partial charge in [0.2, 0.25) is 5.91 Å². The molecule has 4 aromatic rings.